The van der Waals surface area contributed by atoms with E-state index in [0.29, 0.717) is 12.0 Å². The molecule has 0 N–H and O–H groups in total. The number of benzene rings is 1. The quantitative estimate of drug-likeness (QED) is 0.327. The van der Waals surface area contributed by atoms with Crippen LogP contribution in [0, 0.1) is 0 Å². The first kappa shape index (κ1) is 11.2. The van der Waals surface area contributed by atoms with Crippen LogP contribution in [0.25, 0.3) is 0 Å². The lowest BCUT2D eigenvalue weighted by molar-refractivity contribution is -0.128. The van der Waals surface area contributed by atoms with Crippen LogP contribution in [0.4, 0.5) is 0 Å². The van der Waals surface area contributed by atoms with Gasteiger partial charge in [0, 0.05) is 12.5 Å². The average molecular weight is 204 g/mol. The lowest BCUT2D eigenvalue weighted by Crippen LogP contribution is -2.07. The molecule has 0 saturated heterocycles. The Morgan fingerprint density at radius 3 is 2.67 bits per heavy atom. The highest BCUT2D eigenvalue weighted by Gasteiger charge is 2.11. The van der Waals surface area contributed by atoms with E-state index in [0.717, 1.165) is 6.08 Å². The van der Waals surface area contributed by atoms with Gasteiger partial charge in [-0.15, -0.1) is 0 Å². The van der Waals surface area contributed by atoms with Gasteiger partial charge in [0.1, 0.15) is 5.75 Å². The lowest BCUT2D eigenvalue weighted by Gasteiger charge is -2.06. The van der Waals surface area contributed by atoms with Gasteiger partial charge in [-0.2, -0.15) is 0 Å². The molecule has 0 aliphatic carbocycles. The monoisotopic (exact) mass is 204 g/mol. The van der Waals surface area contributed by atoms with Crippen molar-refractivity contribution >= 4 is 11.8 Å². The molecule has 0 spiro atoms. The van der Waals surface area contributed by atoms with Crippen LogP contribution in [0.1, 0.15) is 23.7 Å². The second-order valence-electron chi connectivity index (χ2n) is 2.90. The number of para-hydroxylation sites is 1. The number of Topliss-reactive ketones (excluding diaryl/α,β-unsaturated/α-hetero) is 1. The van der Waals surface area contributed by atoms with Gasteiger partial charge in [0.15, 0.2) is 5.78 Å². The Bertz CT molecular complexity index is 394. The van der Waals surface area contributed by atoms with Crippen LogP contribution in [0.15, 0.2) is 36.9 Å². The Balaban J connectivity index is 3.01. The predicted octanol–water partition coefficient (Wildman–Crippen LogP) is 2.37. The molecule has 0 fully saturated rings. The molecule has 0 atom stereocenters. The van der Waals surface area contributed by atoms with Crippen molar-refractivity contribution in [3.63, 3.8) is 0 Å². The first-order valence-electron chi connectivity index (χ1n) is 4.65. The van der Waals surface area contributed by atoms with Gasteiger partial charge in [-0.05, 0) is 12.1 Å². The van der Waals surface area contributed by atoms with E-state index >= 15 is 0 Å². The second-order valence-corrected chi connectivity index (χ2v) is 2.90. The molecule has 3 heteroatoms. The van der Waals surface area contributed by atoms with Gasteiger partial charge in [-0.3, -0.25) is 4.79 Å². The van der Waals surface area contributed by atoms with Crippen LogP contribution >= 0.6 is 0 Å². The zero-order valence-electron chi connectivity index (χ0n) is 8.53. The maximum atomic E-state index is 11.5. The van der Waals surface area contributed by atoms with Crippen molar-refractivity contribution in [3.8, 4) is 5.75 Å². The second kappa shape index (κ2) is 5.10. The molecule has 1 aromatic carbocycles. The molecular weight excluding hydrogens is 192 g/mol. The van der Waals surface area contributed by atoms with Gasteiger partial charge in [0.05, 0.1) is 5.56 Å². The summed E-state index contributed by atoms with van der Waals surface area (Å²) in [5.41, 5.74) is 0.426. The fraction of sp³-hybridized carbons (Fsp3) is 0.167. The van der Waals surface area contributed by atoms with Gasteiger partial charge < -0.3 is 4.74 Å². The third-order valence-corrected chi connectivity index (χ3v) is 1.89. The zero-order valence-corrected chi connectivity index (χ0v) is 8.53. The van der Waals surface area contributed by atoms with Gasteiger partial charge in [-0.1, -0.05) is 25.6 Å². The van der Waals surface area contributed by atoms with E-state index < -0.39 is 5.97 Å². The van der Waals surface area contributed by atoms with E-state index in [1.54, 1.807) is 31.2 Å². The van der Waals surface area contributed by atoms with Crippen LogP contribution in [0.2, 0.25) is 0 Å². The molecule has 0 heterocycles. The van der Waals surface area contributed by atoms with E-state index in [-0.39, 0.29) is 11.5 Å². The van der Waals surface area contributed by atoms with Crippen molar-refractivity contribution in [1.29, 1.82) is 0 Å². The molecule has 15 heavy (non-hydrogen) atoms. The van der Waals surface area contributed by atoms with Crippen molar-refractivity contribution < 1.29 is 14.3 Å². The molecule has 78 valence electrons. The smallest absolute Gasteiger partial charge is 0.335 e. The molecule has 0 aromatic heterocycles. The summed E-state index contributed by atoms with van der Waals surface area (Å²) in [5, 5.41) is 0. The van der Waals surface area contributed by atoms with Crippen LogP contribution in [-0.2, 0) is 4.79 Å². The summed E-state index contributed by atoms with van der Waals surface area (Å²) in [4.78, 5) is 22.5. The third kappa shape index (κ3) is 2.77. The number of carbonyl (C=O) groups excluding carboxylic acids is 2. The summed E-state index contributed by atoms with van der Waals surface area (Å²) in [6.07, 6.45) is 1.44. The summed E-state index contributed by atoms with van der Waals surface area (Å²) >= 11 is 0. The van der Waals surface area contributed by atoms with Crippen LogP contribution in [0.5, 0.6) is 5.75 Å². The minimum absolute atomic E-state index is 0.0533. The minimum Gasteiger partial charge on any atom is -0.423 e. The minimum atomic E-state index is -0.564. The van der Waals surface area contributed by atoms with Gasteiger partial charge >= 0.3 is 5.97 Å². The Kier molecular flexibility index (Phi) is 3.80. The fourth-order valence-corrected chi connectivity index (χ4v) is 1.13. The van der Waals surface area contributed by atoms with Crippen LogP contribution < -0.4 is 4.74 Å². The molecule has 1 rings (SSSR count). The molecule has 0 aliphatic heterocycles. The van der Waals surface area contributed by atoms with Crippen molar-refractivity contribution in [2.24, 2.45) is 0 Å². The number of esters is 1. The summed E-state index contributed by atoms with van der Waals surface area (Å²) in [5.74, 6) is -0.330. The summed E-state index contributed by atoms with van der Waals surface area (Å²) in [6.45, 7) is 5.05. The normalized spacial score (nSPS) is 9.40. The number of hydrogen-bond donors (Lipinski definition) is 0. The highest BCUT2D eigenvalue weighted by molar-refractivity contribution is 5.99. The zero-order chi connectivity index (χ0) is 11.3. The predicted molar refractivity (Wildman–Crippen MR) is 56.9 cm³/mol. The number of hydrogen-bond acceptors (Lipinski definition) is 3. The van der Waals surface area contributed by atoms with Gasteiger partial charge in [-0.25, -0.2) is 4.79 Å². The molecule has 0 saturated carbocycles. The average Bonchev–Trinajstić information content (AvgIpc) is 2.28. The Hall–Kier alpha value is -1.90. The number of carbonyl (C=O) groups is 2. The van der Waals surface area contributed by atoms with Gasteiger partial charge in [0.2, 0.25) is 0 Å². The standard InChI is InChI=1S/C12H12O3/c1-3-10(13)9-7-5-6-8-11(9)15-12(14)4-2/h4-8H,2-3H2,1H3. The molecule has 0 bridgehead atoms. The largest absolute Gasteiger partial charge is 0.423 e. The Morgan fingerprint density at radius 2 is 2.07 bits per heavy atom. The van der Waals surface area contributed by atoms with E-state index in [9.17, 15) is 9.59 Å². The molecule has 1 aromatic rings. The highest BCUT2D eigenvalue weighted by Crippen LogP contribution is 2.19. The topological polar surface area (TPSA) is 43.4 Å². The van der Waals surface area contributed by atoms with Crippen molar-refractivity contribution in [2.45, 2.75) is 13.3 Å². The maximum Gasteiger partial charge on any atom is 0.335 e. The van der Waals surface area contributed by atoms with Crippen LogP contribution in [-0.4, -0.2) is 11.8 Å². The SMILES string of the molecule is C=CC(=O)Oc1ccccc1C(=O)CC. The maximum absolute atomic E-state index is 11.5. The first-order chi connectivity index (χ1) is 7.19. The number of rotatable bonds is 4. The van der Waals surface area contributed by atoms with Crippen LogP contribution in [0.3, 0.4) is 0 Å². The number of ketones is 1. The molecule has 0 radical (unpaired) electrons. The van der Waals surface area contributed by atoms with Crippen molar-refractivity contribution in [2.75, 3.05) is 0 Å². The van der Waals surface area contributed by atoms with E-state index in [2.05, 4.69) is 6.58 Å². The van der Waals surface area contributed by atoms with E-state index in [4.69, 9.17) is 4.74 Å². The van der Waals surface area contributed by atoms with E-state index in [1.165, 1.54) is 0 Å². The van der Waals surface area contributed by atoms with Gasteiger partial charge in [0.25, 0.3) is 0 Å². The molecular formula is C12H12O3. The Morgan fingerprint density at radius 1 is 1.40 bits per heavy atom. The first-order valence-corrected chi connectivity index (χ1v) is 4.65. The molecule has 0 unspecified atom stereocenters. The number of ether oxygens (including phenoxy) is 1. The fourth-order valence-electron chi connectivity index (χ4n) is 1.13. The van der Waals surface area contributed by atoms with Crippen molar-refractivity contribution in [1.82, 2.24) is 0 Å². The summed E-state index contributed by atoms with van der Waals surface area (Å²) < 4.78 is 4.94. The third-order valence-electron chi connectivity index (χ3n) is 1.89. The van der Waals surface area contributed by atoms with E-state index in [1.807, 2.05) is 0 Å². The lowest BCUT2D eigenvalue weighted by atomic mass is 10.1. The molecule has 3 nitrogen and oxygen atoms in total. The summed E-state index contributed by atoms with van der Waals surface area (Å²) in [6, 6.07) is 6.66. The molecule has 0 amide bonds. The highest BCUT2D eigenvalue weighted by atomic mass is 16.5. The van der Waals surface area contributed by atoms with Crippen molar-refractivity contribution in [3.05, 3.63) is 42.5 Å². The summed E-state index contributed by atoms with van der Waals surface area (Å²) in [7, 11) is 0. The Labute approximate surface area is 88.4 Å². The molecule has 0 aliphatic rings.